The zero-order chi connectivity index (χ0) is 11.9. The number of fused-ring (bicyclic) bond motifs is 1. The fourth-order valence-electron chi connectivity index (χ4n) is 3.95. The Morgan fingerprint density at radius 1 is 1.24 bits per heavy atom. The molecule has 2 atom stereocenters. The van der Waals surface area contributed by atoms with Crippen LogP contribution in [0.15, 0.2) is 10.6 Å². The van der Waals surface area contributed by atoms with Crippen molar-refractivity contribution in [1.29, 1.82) is 0 Å². The number of hydrogen-bond donors (Lipinski definition) is 0. The monoisotopic (exact) mass is 300 g/mol. The summed E-state index contributed by atoms with van der Waals surface area (Å²) in [6, 6.07) is 0. The molecule has 0 amide bonds. The average molecular weight is 301 g/mol. The highest BCUT2D eigenvalue weighted by Gasteiger charge is 2.51. The van der Waals surface area contributed by atoms with Crippen LogP contribution in [0.5, 0.6) is 0 Å². The molecular formula is C14H21BrO2. The summed E-state index contributed by atoms with van der Waals surface area (Å²) in [5, 5.41) is 0. The summed E-state index contributed by atoms with van der Waals surface area (Å²) in [5.74, 6) is 0.394. The smallest absolute Gasteiger partial charge is 0.169 e. The number of hydrogen-bond acceptors (Lipinski definition) is 2. The number of rotatable bonds is 0. The van der Waals surface area contributed by atoms with E-state index < -0.39 is 0 Å². The largest absolute Gasteiger partial charge is 0.348 e. The minimum Gasteiger partial charge on any atom is -0.348 e. The van der Waals surface area contributed by atoms with Crippen molar-refractivity contribution in [2.24, 2.45) is 11.3 Å². The lowest BCUT2D eigenvalue weighted by Gasteiger charge is -2.51. The predicted molar refractivity (Wildman–Crippen MR) is 70.9 cm³/mol. The highest BCUT2D eigenvalue weighted by molar-refractivity contribution is 9.11. The van der Waals surface area contributed by atoms with Crippen LogP contribution in [0.25, 0.3) is 0 Å². The van der Waals surface area contributed by atoms with Gasteiger partial charge < -0.3 is 9.47 Å². The molecule has 0 bridgehead atoms. The van der Waals surface area contributed by atoms with Crippen molar-refractivity contribution in [2.45, 2.75) is 51.2 Å². The summed E-state index contributed by atoms with van der Waals surface area (Å²) in [5.41, 5.74) is 2.04. The van der Waals surface area contributed by atoms with E-state index in [2.05, 4.69) is 27.8 Å². The van der Waals surface area contributed by atoms with Gasteiger partial charge in [-0.2, -0.15) is 0 Å². The van der Waals surface area contributed by atoms with Gasteiger partial charge in [0.15, 0.2) is 5.79 Å². The third kappa shape index (κ3) is 2.00. The molecule has 1 spiro atoms. The summed E-state index contributed by atoms with van der Waals surface area (Å²) in [6.45, 7) is 4.00. The fourth-order valence-corrected chi connectivity index (χ4v) is 4.50. The Kier molecular flexibility index (Phi) is 3.12. The van der Waals surface area contributed by atoms with Crippen molar-refractivity contribution in [2.75, 3.05) is 13.2 Å². The van der Waals surface area contributed by atoms with Crippen LogP contribution in [0, 0.1) is 11.3 Å². The maximum absolute atomic E-state index is 5.90. The third-order valence-corrected chi connectivity index (χ3v) is 5.64. The first kappa shape index (κ1) is 12.2. The molecule has 3 fully saturated rings. The SMILES string of the molecule is C[C@]12CCC/C(=C\Br)[C@@H]1CC1(CC2)OCCO1. The van der Waals surface area contributed by atoms with Crippen molar-refractivity contribution >= 4 is 15.9 Å². The van der Waals surface area contributed by atoms with Crippen LogP contribution in [0.2, 0.25) is 0 Å². The fraction of sp³-hybridized carbons (Fsp3) is 0.857. The van der Waals surface area contributed by atoms with Crippen LogP contribution in [-0.4, -0.2) is 19.0 Å². The standard InChI is InChI=1S/C14H21BrO2/c1-13-4-2-3-11(10-15)12(13)9-14(6-5-13)16-7-8-17-14/h10,12H,2-9H2,1H3/b11-10+/t12-,13+/m0/s1. The van der Waals surface area contributed by atoms with Crippen molar-refractivity contribution < 1.29 is 9.47 Å². The van der Waals surface area contributed by atoms with Crippen LogP contribution in [0.3, 0.4) is 0 Å². The summed E-state index contributed by atoms with van der Waals surface area (Å²) in [4.78, 5) is 2.16. The third-order valence-electron chi connectivity index (χ3n) is 5.05. The normalized spacial score (nSPS) is 42.9. The molecule has 17 heavy (non-hydrogen) atoms. The minimum absolute atomic E-state index is 0.247. The van der Waals surface area contributed by atoms with E-state index in [0.717, 1.165) is 26.1 Å². The van der Waals surface area contributed by atoms with Gasteiger partial charge in [0.1, 0.15) is 0 Å². The second kappa shape index (κ2) is 4.36. The second-order valence-electron chi connectivity index (χ2n) is 6.06. The Morgan fingerprint density at radius 2 is 2.00 bits per heavy atom. The number of halogens is 1. The predicted octanol–water partition coefficient (Wildman–Crippen LogP) is 4.00. The van der Waals surface area contributed by atoms with E-state index in [1.165, 1.54) is 25.7 Å². The van der Waals surface area contributed by atoms with E-state index in [4.69, 9.17) is 9.47 Å². The quantitative estimate of drug-likeness (QED) is 0.673. The van der Waals surface area contributed by atoms with Gasteiger partial charge in [-0.1, -0.05) is 28.4 Å². The van der Waals surface area contributed by atoms with Crippen molar-refractivity contribution in [3.8, 4) is 0 Å². The van der Waals surface area contributed by atoms with Gasteiger partial charge in [0.05, 0.1) is 13.2 Å². The van der Waals surface area contributed by atoms with Gasteiger partial charge in [-0.25, -0.2) is 0 Å². The lowest BCUT2D eigenvalue weighted by Crippen LogP contribution is -2.47. The summed E-state index contributed by atoms with van der Waals surface area (Å²) in [7, 11) is 0. The molecule has 0 radical (unpaired) electrons. The van der Waals surface area contributed by atoms with Crippen LogP contribution in [0.1, 0.15) is 45.4 Å². The van der Waals surface area contributed by atoms with E-state index in [-0.39, 0.29) is 5.79 Å². The minimum atomic E-state index is -0.247. The summed E-state index contributed by atoms with van der Waals surface area (Å²) >= 11 is 3.55. The van der Waals surface area contributed by atoms with Crippen molar-refractivity contribution in [3.63, 3.8) is 0 Å². The molecule has 1 aliphatic heterocycles. The molecule has 2 aliphatic carbocycles. The maximum atomic E-state index is 5.90. The van der Waals surface area contributed by atoms with Gasteiger partial charge in [0.2, 0.25) is 0 Å². The highest BCUT2D eigenvalue weighted by atomic mass is 79.9. The van der Waals surface area contributed by atoms with Gasteiger partial charge in [0.25, 0.3) is 0 Å². The Hall–Kier alpha value is 0.140. The van der Waals surface area contributed by atoms with E-state index in [1.54, 1.807) is 5.57 Å². The van der Waals surface area contributed by atoms with Gasteiger partial charge in [-0.15, -0.1) is 0 Å². The van der Waals surface area contributed by atoms with Crippen LogP contribution < -0.4 is 0 Å². The van der Waals surface area contributed by atoms with Crippen LogP contribution in [0.4, 0.5) is 0 Å². The summed E-state index contributed by atoms with van der Waals surface area (Å²) < 4.78 is 11.8. The van der Waals surface area contributed by atoms with Crippen LogP contribution in [-0.2, 0) is 9.47 Å². The van der Waals surface area contributed by atoms with Crippen molar-refractivity contribution in [3.05, 3.63) is 10.6 Å². The summed E-state index contributed by atoms with van der Waals surface area (Å²) in [6.07, 6.45) is 7.30. The molecule has 96 valence electrons. The molecule has 1 heterocycles. The van der Waals surface area contributed by atoms with E-state index in [0.29, 0.717) is 11.3 Å². The Bertz CT molecular complexity index is 333. The lowest BCUT2D eigenvalue weighted by molar-refractivity contribution is -0.204. The van der Waals surface area contributed by atoms with E-state index in [1.807, 2.05) is 0 Å². The molecule has 2 saturated carbocycles. The Labute approximate surface area is 112 Å². The molecular weight excluding hydrogens is 280 g/mol. The topological polar surface area (TPSA) is 18.5 Å². The average Bonchev–Trinajstić information content (AvgIpc) is 2.78. The van der Waals surface area contributed by atoms with Gasteiger partial charge in [-0.05, 0) is 42.0 Å². The first-order valence-electron chi connectivity index (χ1n) is 6.75. The molecule has 3 heteroatoms. The molecule has 3 aliphatic rings. The zero-order valence-electron chi connectivity index (χ0n) is 10.5. The first-order chi connectivity index (χ1) is 8.18. The van der Waals surface area contributed by atoms with Crippen LogP contribution >= 0.6 is 15.9 Å². The molecule has 2 nitrogen and oxygen atoms in total. The number of ether oxygens (including phenoxy) is 2. The maximum Gasteiger partial charge on any atom is 0.169 e. The Morgan fingerprint density at radius 3 is 2.71 bits per heavy atom. The van der Waals surface area contributed by atoms with Gasteiger partial charge in [-0.3, -0.25) is 0 Å². The van der Waals surface area contributed by atoms with Gasteiger partial charge in [0, 0.05) is 12.8 Å². The molecule has 3 rings (SSSR count). The van der Waals surface area contributed by atoms with E-state index >= 15 is 0 Å². The molecule has 0 aromatic heterocycles. The second-order valence-corrected chi connectivity index (χ2v) is 6.51. The zero-order valence-corrected chi connectivity index (χ0v) is 12.1. The molecule has 0 N–H and O–H groups in total. The Balaban J connectivity index is 1.86. The first-order valence-corrected chi connectivity index (χ1v) is 7.66. The highest BCUT2D eigenvalue weighted by Crippen LogP contribution is 2.56. The molecule has 0 aromatic rings. The molecule has 1 saturated heterocycles. The molecule has 0 aromatic carbocycles. The van der Waals surface area contributed by atoms with E-state index in [9.17, 15) is 0 Å². The number of allylic oxidation sites excluding steroid dienone is 1. The van der Waals surface area contributed by atoms with Crippen molar-refractivity contribution in [1.82, 2.24) is 0 Å². The molecule has 0 unspecified atom stereocenters. The lowest BCUT2D eigenvalue weighted by atomic mass is 9.58. The van der Waals surface area contributed by atoms with Gasteiger partial charge >= 0.3 is 0 Å².